The monoisotopic (exact) mass is 287 g/mol. The summed E-state index contributed by atoms with van der Waals surface area (Å²) in [6.45, 7) is 1.98. The lowest BCUT2D eigenvalue weighted by atomic mass is 10.1. The zero-order valence-corrected chi connectivity index (χ0v) is 10.2. The molecule has 0 aliphatic heterocycles. The van der Waals surface area contributed by atoms with Gasteiger partial charge >= 0.3 is 5.97 Å². The average Bonchev–Trinajstić information content (AvgIpc) is 2.28. The molecule has 1 rings (SSSR count). The van der Waals surface area contributed by atoms with Crippen LogP contribution in [0.15, 0.2) is 18.2 Å². The number of esters is 1. The molecule has 1 aromatic rings. The molecule has 0 amide bonds. The summed E-state index contributed by atoms with van der Waals surface area (Å²) in [5.41, 5.74) is 0.861. The van der Waals surface area contributed by atoms with Crippen molar-refractivity contribution in [1.29, 1.82) is 0 Å². The summed E-state index contributed by atoms with van der Waals surface area (Å²) >= 11 is 3.18. The number of halogens is 1. The lowest BCUT2D eigenvalue weighted by molar-refractivity contribution is -0.384. The van der Waals surface area contributed by atoms with Crippen LogP contribution in [0.5, 0.6) is 0 Å². The van der Waals surface area contributed by atoms with Crippen molar-refractivity contribution < 1.29 is 14.5 Å². The van der Waals surface area contributed by atoms with Crippen molar-refractivity contribution >= 4 is 27.6 Å². The van der Waals surface area contributed by atoms with Gasteiger partial charge in [-0.2, -0.15) is 0 Å². The van der Waals surface area contributed by atoms with Gasteiger partial charge in [-0.3, -0.25) is 10.1 Å². The number of nitro groups is 1. The minimum Gasteiger partial charge on any atom is -0.462 e. The van der Waals surface area contributed by atoms with E-state index in [0.29, 0.717) is 16.5 Å². The third-order valence-corrected chi connectivity index (χ3v) is 2.54. The number of alkyl halides is 1. The molecule has 5 nitrogen and oxygen atoms in total. The van der Waals surface area contributed by atoms with Crippen molar-refractivity contribution in [2.45, 2.75) is 12.3 Å². The third kappa shape index (κ3) is 2.79. The number of ether oxygens (including phenoxy) is 1. The molecule has 0 saturated heterocycles. The van der Waals surface area contributed by atoms with Crippen molar-refractivity contribution in [2.24, 2.45) is 0 Å². The molecule has 0 unspecified atom stereocenters. The molecular formula is C10H10BrNO4. The highest BCUT2D eigenvalue weighted by molar-refractivity contribution is 9.08. The Morgan fingerprint density at radius 2 is 2.25 bits per heavy atom. The molecule has 0 atom stereocenters. The molecule has 0 radical (unpaired) electrons. The number of carbonyl (C=O) groups is 1. The molecule has 86 valence electrons. The van der Waals surface area contributed by atoms with E-state index < -0.39 is 10.9 Å². The van der Waals surface area contributed by atoms with E-state index in [1.54, 1.807) is 6.92 Å². The van der Waals surface area contributed by atoms with Crippen LogP contribution in [0.4, 0.5) is 5.69 Å². The van der Waals surface area contributed by atoms with Crippen LogP contribution in [-0.4, -0.2) is 17.5 Å². The molecular weight excluding hydrogens is 278 g/mol. The van der Waals surface area contributed by atoms with Crippen LogP contribution in [0.2, 0.25) is 0 Å². The maximum Gasteiger partial charge on any atom is 0.338 e. The number of carbonyl (C=O) groups excluding carboxylic acids is 1. The summed E-state index contributed by atoms with van der Waals surface area (Å²) in [6, 6.07) is 4.06. The Balaban J connectivity index is 3.11. The molecule has 1 aromatic carbocycles. The lowest BCUT2D eigenvalue weighted by Gasteiger charge is -2.06. The highest BCUT2D eigenvalue weighted by Gasteiger charge is 2.15. The first-order chi connectivity index (χ1) is 7.60. The van der Waals surface area contributed by atoms with Gasteiger partial charge in [-0.15, -0.1) is 0 Å². The number of nitro benzene ring substituents is 1. The van der Waals surface area contributed by atoms with E-state index in [9.17, 15) is 14.9 Å². The Kier molecular flexibility index (Phi) is 4.42. The van der Waals surface area contributed by atoms with Gasteiger partial charge in [0, 0.05) is 17.5 Å². The first kappa shape index (κ1) is 12.6. The van der Waals surface area contributed by atoms with Crippen LogP contribution < -0.4 is 0 Å². The number of nitrogens with zero attached hydrogens (tertiary/aromatic N) is 1. The fraction of sp³-hybridized carbons (Fsp3) is 0.300. The zero-order valence-electron chi connectivity index (χ0n) is 8.60. The van der Waals surface area contributed by atoms with Crippen molar-refractivity contribution in [3.63, 3.8) is 0 Å². The Labute approximate surface area is 101 Å². The summed E-state index contributed by atoms with van der Waals surface area (Å²) in [7, 11) is 0. The van der Waals surface area contributed by atoms with Gasteiger partial charge in [-0.05, 0) is 18.6 Å². The molecule has 0 fully saturated rings. The highest BCUT2D eigenvalue weighted by atomic mass is 79.9. The van der Waals surface area contributed by atoms with Crippen molar-refractivity contribution in [3.05, 3.63) is 39.4 Å². The highest BCUT2D eigenvalue weighted by Crippen LogP contribution is 2.20. The largest absolute Gasteiger partial charge is 0.462 e. The molecule has 0 aliphatic rings. The molecule has 0 N–H and O–H groups in total. The smallest absolute Gasteiger partial charge is 0.338 e. The fourth-order valence-electron chi connectivity index (χ4n) is 1.21. The van der Waals surface area contributed by atoms with Gasteiger partial charge in [0.05, 0.1) is 17.1 Å². The Bertz CT molecular complexity index is 419. The summed E-state index contributed by atoms with van der Waals surface area (Å²) in [5, 5.41) is 10.9. The van der Waals surface area contributed by atoms with Crippen LogP contribution in [0, 0.1) is 10.1 Å². The van der Waals surface area contributed by atoms with Gasteiger partial charge in [-0.1, -0.05) is 15.9 Å². The zero-order chi connectivity index (χ0) is 12.1. The SMILES string of the molecule is CCOC(=O)c1ccc([N+](=O)[O-])cc1CBr. The van der Waals surface area contributed by atoms with Gasteiger partial charge in [0.25, 0.3) is 5.69 Å². The summed E-state index contributed by atoms with van der Waals surface area (Å²) < 4.78 is 4.84. The second kappa shape index (κ2) is 5.60. The van der Waals surface area contributed by atoms with E-state index in [1.165, 1.54) is 18.2 Å². The Hall–Kier alpha value is -1.43. The van der Waals surface area contributed by atoms with Crippen molar-refractivity contribution in [2.75, 3.05) is 6.61 Å². The standard InChI is InChI=1S/C10H10BrNO4/c1-2-16-10(13)9-4-3-8(12(14)15)5-7(9)6-11/h3-5H,2,6H2,1H3. The predicted molar refractivity (Wildman–Crippen MR) is 61.7 cm³/mol. The molecule has 0 saturated carbocycles. The molecule has 16 heavy (non-hydrogen) atoms. The summed E-state index contributed by atoms with van der Waals surface area (Å²) in [5.74, 6) is -0.466. The number of rotatable bonds is 4. The third-order valence-electron chi connectivity index (χ3n) is 1.94. The fourth-order valence-corrected chi connectivity index (χ4v) is 1.68. The number of non-ortho nitro benzene ring substituents is 1. The van der Waals surface area contributed by atoms with Crippen LogP contribution in [0.3, 0.4) is 0 Å². The van der Waals surface area contributed by atoms with Crippen molar-refractivity contribution in [3.8, 4) is 0 Å². The molecule has 0 aromatic heterocycles. The van der Waals surface area contributed by atoms with E-state index in [0.717, 1.165) is 0 Å². The van der Waals surface area contributed by atoms with Gasteiger partial charge in [-0.25, -0.2) is 4.79 Å². The number of hydrogen-bond acceptors (Lipinski definition) is 4. The normalized spacial score (nSPS) is 9.88. The maximum atomic E-state index is 11.5. The molecule has 6 heteroatoms. The van der Waals surface area contributed by atoms with Crippen LogP contribution in [-0.2, 0) is 10.1 Å². The Morgan fingerprint density at radius 1 is 1.56 bits per heavy atom. The van der Waals surface area contributed by atoms with E-state index in [1.807, 2.05) is 0 Å². The molecule has 0 heterocycles. The van der Waals surface area contributed by atoms with Crippen LogP contribution in [0.25, 0.3) is 0 Å². The molecule has 0 spiro atoms. The lowest BCUT2D eigenvalue weighted by Crippen LogP contribution is -2.07. The number of benzene rings is 1. The first-order valence-electron chi connectivity index (χ1n) is 4.60. The summed E-state index contributed by atoms with van der Waals surface area (Å²) in [4.78, 5) is 21.5. The van der Waals surface area contributed by atoms with Gasteiger partial charge < -0.3 is 4.74 Å². The average molecular weight is 288 g/mol. The topological polar surface area (TPSA) is 69.4 Å². The van der Waals surface area contributed by atoms with Gasteiger partial charge in [0.1, 0.15) is 0 Å². The van der Waals surface area contributed by atoms with Crippen molar-refractivity contribution in [1.82, 2.24) is 0 Å². The maximum absolute atomic E-state index is 11.5. The second-order valence-corrected chi connectivity index (χ2v) is 3.51. The van der Waals surface area contributed by atoms with Crippen LogP contribution in [0.1, 0.15) is 22.8 Å². The summed E-state index contributed by atoms with van der Waals surface area (Å²) in [6.07, 6.45) is 0. The quantitative estimate of drug-likeness (QED) is 0.369. The van der Waals surface area contributed by atoms with E-state index >= 15 is 0 Å². The minimum atomic E-state index is -0.499. The van der Waals surface area contributed by atoms with E-state index in [2.05, 4.69) is 15.9 Å². The second-order valence-electron chi connectivity index (χ2n) is 2.95. The predicted octanol–water partition coefficient (Wildman–Crippen LogP) is 2.67. The van der Waals surface area contributed by atoms with E-state index in [4.69, 9.17) is 4.74 Å². The number of hydrogen-bond donors (Lipinski definition) is 0. The molecule has 0 aliphatic carbocycles. The minimum absolute atomic E-state index is 0.0394. The van der Waals surface area contributed by atoms with Gasteiger partial charge in [0.15, 0.2) is 0 Å². The van der Waals surface area contributed by atoms with Gasteiger partial charge in [0.2, 0.25) is 0 Å². The Morgan fingerprint density at radius 3 is 2.75 bits per heavy atom. The van der Waals surface area contributed by atoms with Crippen LogP contribution >= 0.6 is 15.9 Å². The van der Waals surface area contributed by atoms with E-state index in [-0.39, 0.29) is 12.3 Å². The molecule has 0 bridgehead atoms. The first-order valence-corrected chi connectivity index (χ1v) is 5.72.